The predicted octanol–water partition coefficient (Wildman–Crippen LogP) is 1.38. The molecule has 0 amide bonds. The molecule has 1 unspecified atom stereocenters. The van der Waals surface area contributed by atoms with Crippen molar-refractivity contribution < 1.29 is 19.4 Å². The van der Waals surface area contributed by atoms with Gasteiger partial charge in [-0.05, 0) is 6.54 Å². The first-order chi connectivity index (χ1) is 9.15. The van der Waals surface area contributed by atoms with Crippen molar-refractivity contribution in [2.24, 2.45) is 0 Å². The molecule has 2 rings (SSSR count). The van der Waals surface area contributed by atoms with Gasteiger partial charge in [-0.1, -0.05) is 6.92 Å². The summed E-state index contributed by atoms with van der Waals surface area (Å²) >= 11 is 1.18. The lowest BCUT2D eigenvalue weighted by atomic mass is 10.3. The van der Waals surface area contributed by atoms with Crippen molar-refractivity contribution in [3.63, 3.8) is 0 Å². The van der Waals surface area contributed by atoms with E-state index in [-0.39, 0.29) is 17.6 Å². The number of nitrogens with zero attached hydrogens (tertiary/aromatic N) is 2. The highest BCUT2D eigenvalue weighted by Crippen LogP contribution is 2.29. The van der Waals surface area contributed by atoms with Crippen LogP contribution in [0.5, 0.6) is 0 Å². The summed E-state index contributed by atoms with van der Waals surface area (Å²) in [6.07, 6.45) is -0.137. The molecule has 0 bridgehead atoms. The van der Waals surface area contributed by atoms with Gasteiger partial charge < -0.3 is 14.6 Å². The number of likely N-dealkylation sites (N-methyl/N-ethyl adjacent to an activating group) is 1. The fourth-order valence-electron chi connectivity index (χ4n) is 2.05. The van der Waals surface area contributed by atoms with Crippen molar-refractivity contribution in [3.05, 3.63) is 15.6 Å². The Morgan fingerprint density at radius 3 is 3.11 bits per heavy atom. The topological polar surface area (TPSA) is 71.9 Å². The van der Waals surface area contributed by atoms with Gasteiger partial charge in [0.25, 0.3) is 0 Å². The number of carboxylic acids is 1. The lowest BCUT2D eigenvalue weighted by Gasteiger charge is -2.30. The summed E-state index contributed by atoms with van der Waals surface area (Å²) in [4.78, 5) is 18.1. The molecular formula is C12H18N2O4S. The van der Waals surface area contributed by atoms with Gasteiger partial charge in [0, 0.05) is 20.2 Å². The molecule has 1 aliphatic heterocycles. The summed E-state index contributed by atoms with van der Waals surface area (Å²) < 4.78 is 10.7. The third-order valence-corrected chi connectivity index (χ3v) is 4.24. The second-order valence-electron chi connectivity index (χ2n) is 4.32. The third kappa shape index (κ3) is 3.30. The fraction of sp³-hybridized carbons (Fsp3) is 0.667. The van der Waals surface area contributed by atoms with Crippen LogP contribution in [-0.4, -0.2) is 54.3 Å². The molecule has 0 radical (unpaired) electrons. The summed E-state index contributed by atoms with van der Waals surface area (Å²) in [5, 5.41) is 9.89. The molecule has 1 atom stereocenters. The van der Waals surface area contributed by atoms with Crippen LogP contribution in [0.4, 0.5) is 0 Å². The molecule has 1 N–H and O–H groups in total. The number of hydrogen-bond donors (Lipinski definition) is 1. The molecule has 19 heavy (non-hydrogen) atoms. The van der Waals surface area contributed by atoms with Crippen LogP contribution < -0.4 is 0 Å². The summed E-state index contributed by atoms with van der Waals surface area (Å²) in [7, 11) is 1.53. The third-order valence-electron chi connectivity index (χ3n) is 3.06. The largest absolute Gasteiger partial charge is 0.477 e. The average molecular weight is 286 g/mol. The number of aromatic carboxylic acids is 1. The zero-order valence-electron chi connectivity index (χ0n) is 11.1. The van der Waals surface area contributed by atoms with E-state index in [1.807, 2.05) is 0 Å². The molecule has 1 aliphatic rings. The quantitative estimate of drug-likeness (QED) is 0.881. The minimum Gasteiger partial charge on any atom is -0.477 e. The van der Waals surface area contributed by atoms with Crippen LogP contribution in [0.25, 0.3) is 0 Å². The molecule has 0 spiro atoms. The number of carbonyl (C=O) groups is 1. The maximum Gasteiger partial charge on any atom is 0.347 e. The van der Waals surface area contributed by atoms with Crippen LogP contribution >= 0.6 is 11.3 Å². The standard InChI is InChI=1S/C12H18N2O4S/c1-3-14-4-5-18-9(6-14)11-13-8(7-17-2)10(19-11)12(15)16/h9H,3-7H2,1-2H3,(H,15,16). The number of morpholine rings is 1. The lowest BCUT2D eigenvalue weighted by Crippen LogP contribution is -2.38. The van der Waals surface area contributed by atoms with Crippen LogP contribution in [0.15, 0.2) is 0 Å². The summed E-state index contributed by atoms with van der Waals surface area (Å²) in [5.41, 5.74) is 0.479. The van der Waals surface area contributed by atoms with E-state index in [0.29, 0.717) is 12.3 Å². The number of rotatable bonds is 5. The zero-order chi connectivity index (χ0) is 13.8. The van der Waals surface area contributed by atoms with Gasteiger partial charge in [-0.3, -0.25) is 4.90 Å². The molecule has 6 nitrogen and oxygen atoms in total. The molecule has 0 aromatic carbocycles. The smallest absolute Gasteiger partial charge is 0.347 e. The molecule has 106 valence electrons. The Kier molecular flexibility index (Phi) is 4.87. The predicted molar refractivity (Wildman–Crippen MR) is 70.6 cm³/mol. The molecule has 1 fully saturated rings. The molecule has 7 heteroatoms. The lowest BCUT2D eigenvalue weighted by molar-refractivity contribution is -0.0283. The Morgan fingerprint density at radius 1 is 1.68 bits per heavy atom. The van der Waals surface area contributed by atoms with Gasteiger partial charge in [-0.15, -0.1) is 11.3 Å². The second-order valence-corrected chi connectivity index (χ2v) is 5.35. The molecule has 1 aromatic heterocycles. The minimum absolute atomic E-state index is 0.137. The number of hydrogen-bond acceptors (Lipinski definition) is 6. The first-order valence-corrected chi connectivity index (χ1v) is 7.03. The number of carboxylic acid groups (broad SMARTS) is 1. The first kappa shape index (κ1) is 14.4. The van der Waals surface area contributed by atoms with Gasteiger partial charge in [0.1, 0.15) is 16.0 Å². The van der Waals surface area contributed by atoms with Crippen molar-refractivity contribution >= 4 is 17.3 Å². The number of aromatic nitrogens is 1. The SMILES string of the molecule is CCN1CCOC(c2nc(COC)c(C(=O)O)s2)C1. The molecule has 0 saturated carbocycles. The molecule has 1 aromatic rings. The van der Waals surface area contributed by atoms with Crippen molar-refractivity contribution in [2.75, 3.05) is 33.4 Å². The number of ether oxygens (including phenoxy) is 2. The van der Waals surface area contributed by atoms with Gasteiger partial charge in [0.15, 0.2) is 0 Å². The molecule has 0 aliphatic carbocycles. The van der Waals surface area contributed by atoms with Gasteiger partial charge in [-0.25, -0.2) is 9.78 Å². The van der Waals surface area contributed by atoms with Gasteiger partial charge in [-0.2, -0.15) is 0 Å². The molecule has 2 heterocycles. The van der Waals surface area contributed by atoms with Gasteiger partial charge >= 0.3 is 5.97 Å². The fourth-order valence-corrected chi connectivity index (χ4v) is 3.00. The van der Waals surface area contributed by atoms with Crippen LogP contribution in [0, 0.1) is 0 Å². The average Bonchev–Trinajstić information content (AvgIpc) is 2.83. The Balaban J connectivity index is 2.19. The Hall–Kier alpha value is -1.02. The van der Waals surface area contributed by atoms with Crippen molar-refractivity contribution in [1.29, 1.82) is 0 Å². The number of thiazole rings is 1. The summed E-state index contributed by atoms with van der Waals surface area (Å²) in [6.45, 7) is 5.60. The van der Waals surface area contributed by atoms with Gasteiger partial charge in [0.2, 0.25) is 0 Å². The highest BCUT2D eigenvalue weighted by molar-refractivity contribution is 7.13. The minimum atomic E-state index is -0.959. The maximum absolute atomic E-state index is 11.2. The van der Waals surface area contributed by atoms with E-state index in [1.54, 1.807) is 0 Å². The van der Waals surface area contributed by atoms with Crippen LogP contribution in [0.2, 0.25) is 0 Å². The summed E-state index contributed by atoms with van der Waals surface area (Å²) in [5.74, 6) is -0.959. The van der Waals surface area contributed by atoms with E-state index >= 15 is 0 Å². The van der Waals surface area contributed by atoms with E-state index in [9.17, 15) is 4.79 Å². The van der Waals surface area contributed by atoms with E-state index < -0.39 is 5.97 Å². The van der Waals surface area contributed by atoms with Crippen LogP contribution in [0.1, 0.15) is 33.4 Å². The molecular weight excluding hydrogens is 268 g/mol. The van der Waals surface area contributed by atoms with Crippen molar-refractivity contribution in [2.45, 2.75) is 19.6 Å². The van der Waals surface area contributed by atoms with Crippen molar-refractivity contribution in [3.8, 4) is 0 Å². The monoisotopic (exact) mass is 286 g/mol. The van der Waals surface area contributed by atoms with E-state index in [2.05, 4.69) is 16.8 Å². The normalized spacial score (nSPS) is 20.6. The van der Waals surface area contributed by atoms with Crippen molar-refractivity contribution in [1.82, 2.24) is 9.88 Å². The first-order valence-electron chi connectivity index (χ1n) is 6.21. The van der Waals surface area contributed by atoms with E-state index in [1.165, 1.54) is 18.4 Å². The van der Waals surface area contributed by atoms with Gasteiger partial charge in [0.05, 0.1) is 18.9 Å². The Labute approximate surface area is 116 Å². The van der Waals surface area contributed by atoms with E-state index in [4.69, 9.17) is 14.6 Å². The second kappa shape index (κ2) is 6.42. The zero-order valence-corrected chi connectivity index (χ0v) is 11.9. The Bertz CT molecular complexity index is 449. The summed E-state index contributed by atoms with van der Waals surface area (Å²) in [6, 6.07) is 0. The van der Waals surface area contributed by atoms with Crippen LogP contribution in [-0.2, 0) is 16.1 Å². The molecule has 1 saturated heterocycles. The van der Waals surface area contributed by atoms with Crippen LogP contribution in [0.3, 0.4) is 0 Å². The highest BCUT2D eigenvalue weighted by atomic mass is 32.1. The number of methoxy groups -OCH3 is 1. The maximum atomic E-state index is 11.2. The Morgan fingerprint density at radius 2 is 2.47 bits per heavy atom. The van der Waals surface area contributed by atoms with E-state index in [0.717, 1.165) is 24.6 Å². The highest BCUT2D eigenvalue weighted by Gasteiger charge is 2.27.